The number of likely N-dealkylation sites (tertiary alicyclic amines) is 5. The van der Waals surface area contributed by atoms with E-state index in [1.54, 1.807) is 5.56 Å². The second-order valence-electron chi connectivity index (χ2n) is 35.5. The molecule has 2 atom stereocenters. The highest BCUT2D eigenvalue weighted by Crippen LogP contribution is 2.31. The van der Waals surface area contributed by atoms with Crippen LogP contribution in [0.15, 0.2) is 60.8 Å². The number of fused-ring (bicyclic) bond motifs is 4. The van der Waals surface area contributed by atoms with Crippen molar-refractivity contribution in [3.8, 4) is 0 Å². The monoisotopic (exact) mass is 1470 g/mol. The van der Waals surface area contributed by atoms with Crippen molar-refractivity contribution >= 4 is 5.69 Å². The normalized spacial score (nSPS) is 23.2. The maximum atomic E-state index is 5.21. The fourth-order valence-electron chi connectivity index (χ4n) is 16.2. The number of aryl methyl sites for hydroxylation is 1. The molecular weight excluding hydrogens is 1290 g/mol. The molecule has 9 fully saturated rings. The Morgan fingerprint density at radius 2 is 0.705 bits per heavy atom. The SMILES string of the molecule is C=C1CN(C(C)C)CCN1C.CC(C)N1CC2CC1CN2C.CC(C)N1CCCC1.CC(C)N1CCCCC1.CC(C)N1CCCCCC1.CC(C)N1CCCN(C)CC1.CC(C)N1CCCc2ccccc21.CC(C)N1CCN(C)CC1.CC(C)N1CCOCC1.CC(C)N1CCc2ccccc2C1. The van der Waals surface area contributed by atoms with E-state index in [1.165, 1.54) is 237 Å². The highest BCUT2D eigenvalue weighted by atomic mass is 16.5. The zero-order chi connectivity index (χ0) is 77.5. The minimum atomic E-state index is 0.626. The number of hydrogen-bond donors (Lipinski definition) is 0. The van der Waals surface area contributed by atoms with Gasteiger partial charge in [-0.1, -0.05) is 68.3 Å². The van der Waals surface area contributed by atoms with Gasteiger partial charge in [0.15, 0.2) is 0 Å². The first-order chi connectivity index (χ1) is 50.0. The van der Waals surface area contributed by atoms with Gasteiger partial charge in [0, 0.05) is 196 Å². The maximum absolute atomic E-state index is 5.21. The molecule has 11 aliphatic rings. The van der Waals surface area contributed by atoms with Gasteiger partial charge < -0.3 is 43.9 Å². The molecule has 13 rings (SSSR count). The van der Waals surface area contributed by atoms with Crippen molar-refractivity contribution in [1.29, 1.82) is 0 Å². The molecule has 2 bridgehead atoms. The molecule has 0 amide bonds. The Bertz CT molecular complexity index is 2450. The van der Waals surface area contributed by atoms with E-state index in [4.69, 9.17) is 4.74 Å². The van der Waals surface area contributed by atoms with Crippen LogP contribution in [0, 0.1) is 0 Å². The summed E-state index contributed by atoms with van der Waals surface area (Å²) in [6.07, 6.45) is 19.3. The van der Waals surface area contributed by atoms with Crippen LogP contribution < -0.4 is 4.90 Å². The van der Waals surface area contributed by atoms with Crippen molar-refractivity contribution in [2.45, 2.75) is 307 Å². The van der Waals surface area contributed by atoms with E-state index < -0.39 is 0 Å². The van der Waals surface area contributed by atoms with E-state index in [-0.39, 0.29) is 0 Å². The fourth-order valence-corrected chi connectivity index (χ4v) is 16.2. The summed E-state index contributed by atoms with van der Waals surface area (Å²) in [7, 11) is 8.77. The number of nitrogens with zero attached hydrogens (tertiary/aromatic N) is 14. The zero-order valence-electron chi connectivity index (χ0n) is 73.7. The van der Waals surface area contributed by atoms with Gasteiger partial charge in [-0.15, -0.1) is 0 Å². The number of piperazine rings is 3. The van der Waals surface area contributed by atoms with Gasteiger partial charge in [0.2, 0.25) is 0 Å². The van der Waals surface area contributed by atoms with Crippen LogP contribution in [-0.4, -0.2) is 328 Å². The average molecular weight is 1470 g/mol. The van der Waals surface area contributed by atoms with Gasteiger partial charge in [-0.2, -0.15) is 0 Å². The number of rotatable bonds is 10. The lowest BCUT2D eigenvalue weighted by molar-refractivity contribution is 0.0238. The number of benzene rings is 2. The Morgan fingerprint density at radius 3 is 1.13 bits per heavy atom. The van der Waals surface area contributed by atoms with Gasteiger partial charge >= 0.3 is 0 Å². The molecule has 11 aliphatic heterocycles. The fraction of sp³-hybridized carbons (Fsp3) is 0.844. The number of ether oxygens (including phenoxy) is 1. The van der Waals surface area contributed by atoms with Gasteiger partial charge in [-0.3, -0.25) is 29.4 Å². The van der Waals surface area contributed by atoms with Crippen molar-refractivity contribution < 1.29 is 4.74 Å². The van der Waals surface area contributed by atoms with E-state index in [0.29, 0.717) is 24.2 Å². The van der Waals surface area contributed by atoms with Crippen LogP contribution in [0.5, 0.6) is 0 Å². The third kappa shape index (κ3) is 37.0. The molecule has 2 aromatic carbocycles. The predicted octanol–water partition coefficient (Wildman–Crippen LogP) is 15.3. The summed E-state index contributed by atoms with van der Waals surface area (Å²) in [4.78, 5) is 34.9. The first-order valence-electron chi connectivity index (χ1n) is 43.6. The molecule has 610 valence electrons. The zero-order valence-corrected chi connectivity index (χ0v) is 73.7. The van der Waals surface area contributed by atoms with Crippen molar-refractivity contribution in [1.82, 2.24) is 63.7 Å². The molecule has 15 nitrogen and oxygen atoms in total. The quantitative estimate of drug-likeness (QED) is 0.227. The van der Waals surface area contributed by atoms with Crippen LogP contribution >= 0.6 is 0 Å². The Kier molecular flexibility index (Phi) is 47.3. The van der Waals surface area contributed by atoms with Gasteiger partial charge in [-0.25, -0.2) is 0 Å². The highest BCUT2D eigenvalue weighted by Gasteiger charge is 2.42. The number of morpholine rings is 1. The van der Waals surface area contributed by atoms with Crippen molar-refractivity contribution in [2.24, 2.45) is 0 Å². The third-order valence-corrected chi connectivity index (χ3v) is 24.1. The Balaban J connectivity index is 0.000000248. The molecule has 15 heteroatoms. The molecule has 0 saturated carbocycles. The lowest BCUT2D eigenvalue weighted by Gasteiger charge is -2.37. The average Bonchev–Trinajstić information content (AvgIpc) is 1.73. The molecular formula is C90H174N14O. The molecule has 0 aromatic heterocycles. The van der Waals surface area contributed by atoms with E-state index in [1.807, 2.05) is 0 Å². The number of para-hydroxylation sites is 1. The summed E-state index contributed by atoms with van der Waals surface area (Å²) >= 11 is 0. The lowest BCUT2D eigenvalue weighted by Crippen LogP contribution is -2.47. The second-order valence-corrected chi connectivity index (χ2v) is 35.5. The van der Waals surface area contributed by atoms with E-state index >= 15 is 0 Å². The Hall–Kier alpha value is -2.74. The topological polar surface area (TPSA) is 54.6 Å². The van der Waals surface area contributed by atoms with Crippen LogP contribution in [0.4, 0.5) is 5.69 Å². The van der Waals surface area contributed by atoms with E-state index in [9.17, 15) is 0 Å². The molecule has 0 aliphatic carbocycles. The Morgan fingerprint density at radius 1 is 0.314 bits per heavy atom. The van der Waals surface area contributed by atoms with Crippen molar-refractivity contribution in [3.63, 3.8) is 0 Å². The van der Waals surface area contributed by atoms with Crippen LogP contribution in [0.3, 0.4) is 0 Å². The van der Waals surface area contributed by atoms with Crippen LogP contribution in [0.1, 0.15) is 232 Å². The summed E-state index contributed by atoms with van der Waals surface area (Å²) in [6, 6.07) is 26.5. The lowest BCUT2D eigenvalue weighted by atomic mass is 9.99. The standard InChI is InChI=1S/2C12H17N.2C9H18N2.C9H20N2.C9H19N.C8H18N2.C8H17N.C7H15NO.C7H15N/c1-10(2)13-9-5-7-11-6-3-4-8-12(11)13;1-10(2)13-8-7-11-5-3-4-6-12(11)9-13;1-7(2)11-6-8-4-9(11)5-10(8)3;1-8(2)11-6-5-10(4)9(3)7-11;1-9(2)11-6-4-5-10(3)7-8-11;1-9(2)10-7-5-3-4-6-8-10;1-8(2)10-6-4-9(3)5-7-10;1-8(2)9-6-4-3-5-7-9;1-7(2)8-3-5-9-6-4-8;1-7(2)8-5-3-4-6-8/h3-4,6,8,10H,5,7,9H2,1-2H3;3-6,10H,7-9H2,1-2H3;7-9H,4-6H2,1-3H3;8H,3,5-7H2,1-2,4H3;9H,4-8H2,1-3H3;9H,3-8H2,1-2H3;8H,4-7H2,1-3H3;8H,3-7H2,1-2H3;7H,3-6H2,1-2H3;7H,3-6H2,1-2H3. The van der Waals surface area contributed by atoms with Gasteiger partial charge in [0.1, 0.15) is 0 Å². The van der Waals surface area contributed by atoms with Crippen LogP contribution in [0.2, 0.25) is 0 Å². The summed E-state index contributed by atoms with van der Waals surface area (Å²) in [5.74, 6) is 0. The molecule has 2 aromatic rings. The number of anilines is 1. The minimum absolute atomic E-state index is 0.626. The summed E-state index contributed by atoms with van der Waals surface area (Å²) in [6.45, 7) is 80.9. The number of piperidine rings is 1. The minimum Gasteiger partial charge on any atom is -0.379 e. The summed E-state index contributed by atoms with van der Waals surface area (Å²) in [5, 5.41) is 0. The van der Waals surface area contributed by atoms with Crippen molar-refractivity contribution in [3.05, 3.63) is 77.5 Å². The Labute approximate surface area is 652 Å². The number of likely N-dealkylation sites (N-methyl/N-ethyl adjacent to an activating group) is 4. The molecule has 105 heavy (non-hydrogen) atoms. The van der Waals surface area contributed by atoms with E-state index in [0.717, 1.165) is 94.3 Å². The third-order valence-electron chi connectivity index (χ3n) is 24.1. The summed E-state index contributed by atoms with van der Waals surface area (Å²) < 4.78 is 5.21. The van der Waals surface area contributed by atoms with Crippen LogP contribution in [-0.2, 0) is 24.1 Å². The smallest absolute Gasteiger partial charge is 0.0594 e. The van der Waals surface area contributed by atoms with Gasteiger partial charge in [0.05, 0.1) is 13.2 Å². The molecule has 2 unspecified atom stereocenters. The maximum Gasteiger partial charge on any atom is 0.0594 e. The first-order valence-corrected chi connectivity index (χ1v) is 43.6. The highest BCUT2D eigenvalue weighted by molar-refractivity contribution is 5.56. The first kappa shape index (κ1) is 94.6. The number of hydrogen-bond acceptors (Lipinski definition) is 15. The van der Waals surface area contributed by atoms with E-state index in [2.05, 4.69) is 290 Å². The van der Waals surface area contributed by atoms with Crippen LogP contribution in [0.25, 0.3) is 0 Å². The van der Waals surface area contributed by atoms with Gasteiger partial charge in [0.25, 0.3) is 0 Å². The molecule has 9 saturated heterocycles. The molecule has 0 radical (unpaired) electrons. The molecule has 0 spiro atoms. The largest absolute Gasteiger partial charge is 0.379 e. The molecule has 0 N–H and O–H groups in total. The predicted molar refractivity (Wildman–Crippen MR) is 460 cm³/mol. The second kappa shape index (κ2) is 52.5. The van der Waals surface area contributed by atoms with Gasteiger partial charge in [-0.05, 0) is 305 Å². The summed E-state index contributed by atoms with van der Waals surface area (Å²) in [5.41, 5.74) is 7.26. The molecule has 11 heterocycles. The van der Waals surface area contributed by atoms with Crippen molar-refractivity contribution in [2.75, 3.05) is 197 Å².